The topological polar surface area (TPSA) is 71.4 Å². The molecule has 0 saturated carbocycles. The number of aromatic nitrogens is 1. The summed E-state index contributed by atoms with van der Waals surface area (Å²) in [4.78, 5) is 10.1. The normalized spacial score (nSPS) is 10.6. The highest BCUT2D eigenvalue weighted by Crippen LogP contribution is 2.15. The number of aryl methyl sites for hydroxylation is 1. The van der Waals surface area contributed by atoms with Gasteiger partial charge in [0.2, 0.25) is 0 Å². The van der Waals surface area contributed by atoms with Crippen molar-refractivity contribution < 1.29 is 9.49 Å². The van der Waals surface area contributed by atoms with Gasteiger partial charge in [0.15, 0.2) is 12.4 Å². The molecule has 6 nitrogen and oxygen atoms in total. The first-order chi connectivity index (χ1) is 9.15. The lowest BCUT2D eigenvalue weighted by atomic mass is 10.3. The van der Waals surface area contributed by atoms with Crippen LogP contribution in [-0.2, 0) is 7.05 Å². The minimum atomic E-state index is -0.434. The minimum Gasteiger partial charge on any atom is -0.278 e. The Morgan fingerprint density at radius 1 is 1.32 bits per heavy atom. The molecule has 0 atom stereocenters. The Bertz CT molecular complexity index is 608. The van der Waals surface area contributed by atoms with Gasteiger partial charge in [0.25, 0.3) is 5.69 Å². The molecule has 0 aliphatic carbocycles. The van der Waals surface area contributed by atoms with E-state index in [-0.39, 0.29) is 5.69 Å². The molecule has 6 heteroatoms. The summed E-state index contributed by atoms with van der Waals surface area (Å²) < 4.78 is 1.92. The van der Waals surface area contributed by atoms with Gasteiger partial charge in [0.1, 0.15) is 7.05 Å². The van der Waals surface area contributed by atoms with Crippen LogP contribution in [0.15, 0.2) is 53.9 Å². The number of hydrogen-bond donors (Lipinski definition) is 1. The summed E-state index contributed by atoms with van der Waals surface area (Å²) in [6.45, 7) is 0. The van der Waals surface area contributed by atoms with Gasteiger partial charge >= 0.3 is 0 Å². The molecule has 0 aliphatic rings. The molecule has 96 valence electrons. The van der Waals surface area contributed by atoms with Crippen molar-refractivity contribution in [3.63, 3.8) is 0 Å². The number of hydrogen-bond acceptors (Lipinski definition) is 4. The van der Waals surface area contributed by atoms with E-state index in [0.29, 0.717) is 5.69 Å². The SMILES string of the molecule is C[n+]1cccc(/C=N/Nc2ccc([N+](=O)[O-])cc2)c1. The van der Waals surface area contributed by atoms with Gasteiger partial charge in [-0.3, -0.25) is 15.5 Å². The maximum absolute atomic E-state index is 10.5. The van der Waals surface area contributed by atoms with Crippen molar-refractivity contribution in [2.24, 2.45) is 12.1 Å². The minimum absolute atomic E-state index is 0.0598. The zero-order valence-electron chi connectivity index (χ0n) is 10.4. The van der Waals surface area contributed by atoms with Crippen LogP contribution in [0.4, 0.5) is 11.4 Å². The van der Waals surface area contributed by atoms with Crippen molar-refractivity contribution in [2.45, 2.75) is 0 Å². The Morgan fingerprint density at radius 3 is 2.68 bits per heavy atom. The van der Waals surface area contributed by atoms with Gasteiger partial charge in [-0.2, -0.15) is 5.10 Å². The van der Waals surface area contributed by atoms with E-state index in [4.69, 9.17) is 0 Å². The first-order valence-corrected chi connectivity index (χ1v) is 5.64. The summed E-state index contributed by atoms with van der Waals surface area (Å²) in [6, 6.07) is 9.94. The smallest absolute Gasteiger partial charge is 0.269 e. The molecule has 0 aliphatic heterocycles. The zero-order valence-corrected chi connectivity index (χ0v) is 10.4. The number of nitrogens with zero attached hydrogens (tertiary/aromatic N) is 3. The third-order valence-electron chi connectivity index (χ3n) is 2.45. The lowest BCUT2D eigenvalue weighted by molar-refractivity contribution is -0.671. The molecule has 19 heavy (non-hydrogen) atoms. The van der Waals surface area contributed by atoms with E-state index >= 15 is 0 Å². The first kappa shape index (κ1) is 12.7. The summed E-state index contributed by atoms with van der Waals surface area (Å²) >= 11 is 0. The Labute approximate surface area is 110 Å². The van der Waals surface area contributed by atoms with Crippen molar-refractivity contribution in [1.82, 2.24) is 0 Å². The fraction of sp³-hybridized carbons (Fsp3) is 0.0769. The van der Waals surface area contributed by atoms with Gasteiger partial charge in [0.05, 0.1) is 22.4 Å². The monoisotopic (exact) mass is 257 g/mol. The molecule has 0 spiro atoms. The number of non-ortho nitro benzene ring substituents is 1. The van der Waals surface area contributed by atoms with E-state index < -0.39 is 4.92 Å². The number of benzene rings is 1. The second-order valence-electron chi connectivity index (χ2n) is 3.98. The van der Waals surface area contributed by atoms with E-state index in [0.717, 1.165) is 5.56 Å². The standard InChI is InChI=1S/C13H13N4O2/c1-16-8-2-3-11(10-16)9-14-15-12-4-6-13(7-5-12)17(18)19/h2-10,15H,1H3/q+1/b14-9+. The van der Waals surface area contributed by atoms with Crippen LogP contribution in [0.1, 0.15) is 5.56 Å². The molecule has 1 aromatic heterocycles. The highest BCUT2D eigenvalue weighted by Gasteiger charge is 2.02. The summed E-state index contributed by atoms with van der Waals surface area (Å²) in [6.07, 6.45) is 5.55. The predicted octanol–water partition coefficient (Wildman–Crippen LogP) is 1.87. The van der Waals surface area contributed by atoms with Crippen LogP contribution < -0.4 is 9.99 Å². The van der Waals surface area contributed by atoms with Gasteiger partial charge in [-0.25, -0.2) is 4.57 Å². The molecule has 0 saturated heterocycles. The quantitative estimate of drug-likeness (QED) is 0.393. The number of nitrogens with one attached hydrogen (secondary N) is 1. The van der Waals surface area contributed by atoms with Crippen molar-refractivity contribution >= 4 is 17.6 Å². The number of nitro benzene ring substituents is 1. The molecule has 0 radical (unpaired) electrons. The third-order valence-corrected chi connectivity index (χ3v) is 2.45. The summed E-state index contributed by atoms with van der Waals surface area (Å²) in [7, 11) is 1.93. The average molecular weight is 257 g/mol. The predicted molar refractivity (Wildman–Crippen MR) is 71.9 cm³/mol. The summed E-state index contributed by atoms with van der Waals surface area (Å²) in [5.41, 5.74) is 4.53. The Kier molecular flexibility index (Phi) is 3.82. The fourth-order valence-corrected chi connectivity index (χ4v) is 1.53. The fourth-order valence-electron chi connectivity index (χ4n) is 1.53. The Hall–Kier alpha value is -2.76. The van der Waals surface area contributed by atoms with Crippen LogP contribution in [0.25, 0.3) is 0 Å². The summed E-state index contributed by atoms with van der Waals surface area (Å²) in [5.74, 6) is 0. The van der Waals surface area contributed by atoms with Crippen molar-refractivity contribution in [3.8, 4) is 0 Å². The molecule has 0 fully saturated rings. The van der Waals surface area contributed by atoms with Crippen LogP contribution in [-0.4, -0.2) is 11.1 Å². The highest BCUT2D eigenvalue weighted by molar-refractivity contribution is 5.79. The van der Waals surface area contributed by atoms with Crippen LogP contribution in [0.3, 0.4) is 0 Å². The van der Waals surface area contributed by atoms with Crippen LogP contribution in [0.5, 0.6) is 0 Å². The molecule has 0 bridgehead atoms. The summed E-state index contributed by atoms with van der Waals surface area (Å²) in [5, 5.41) is 14.6. The molecule has 0 amide bonds. The number of nitro groups is 1. The third kappa shape index (κ3) is 3.60. The van der Waals surface area contributed by atoms with Gasteiger partial charge in [-0.1, -0.05) is 0 Å². The highest BCUT2D eigenvalue weighted by atomic mass is 16.6. The number of anilines is 1. The number of hydrazone groups is 1. The van der Waals surface area contributed by atoms with Gasteiger partial charge < -0.3 is 0 Å². The van der Waals surface area contributed by atoms with Crippen LogP contribution in [0.2, 0.25) is 0 Å². The lowest BCUT2D eigenvalue weighted by Crippen LogP contribution is -2.26. The van der Waals surface area contributed by atoms with E-state index in [1.807, 2.05) is 36.1 Å². The lowest BCUT2D eigenvalue weighted by Gasteiger charge is -1.98. The van der Waals surface area contributed by atoms with Crippen LogP contribution in [0, 0.1) is 10.1 Å². The van der Waals surface area contributed by atoms with Gasteiger partial charge in [-0.05, 0) is 18.2 Å². The molecule has 2 aromatic rings. The van der Waals surface area contributed by atoms with Gasteiger partial charge in [-0.15, -0.1) is 0 Å². The average Bonchev–Trinajstić information content (AvgIpc) is 2.39. The van der Waals surface area contributed by atoms with E-state index in [9.17, 15) is 10.1 Å². The second-order valence-corrected chi connectivity index (χ2v) is 3.98. The van der Waals surface area contributed by atoms with Crippen LogP contribution >= 0.6 is 0 Å². The largest absolute Gasteiger partial charge is 0.278 e. The zero-order chi connectivity index (χ0) is 13.7. The molecule has 2 rings (SSSR count). The number of pyridine rings is 1. The van der Waals surface area contributed by atoms with E-state index in [2.05, 4.69) is 10.5 Å². The molecule has 1 heterocycles. The van der Waals surface area contributed by atoms with Crippen molar-refractivity contribution in [1.29, 1.82) is 0 Å². The molecule has 0 unspecified atom stereocenters. The Morgan fingerprint density at radius 2 is 2.05 bits per heavy atom. The van der Waals surface area contributed by atoms with E-state index in [1.54, 1.807) is 18.3 Å². The molecular formula is C13H13N4O2+. The first-order valence-electron chi connectivity index (χ1n) is 5.64. The van der Waals surface area contributed by atoms with E-state index in [1.165, 1.54) is 12.1 Å². The Balaban J connectivity index is 2.00. The molecular weight excluding hydrogens is 244 g/mol. The van der Waals surface area contributed by atoms with Crippen molar-refractivity contribution in [2.75, 3.05) is 5.43 Å². The molecule has 1 aromatic carbocycles. The number of rotatable bonds is 4. The maximum Gasteiger partial charge on any atom is 0.269 e. The second kappa shape index (κ2) is 5.72. The van der Waals surface area contributed by atoms with Gasteiger partial charge in [0, 0.05) is 18.2 Å². The molecule has 1 N–H and O–H groups in total. The van der Waals surface area contributed by atoms with Crippen molar-refractivity contribution in [3.05, 3.63) is 64.5 Å². The maximum atomic E-state index is 10.5.